The van der Waals surface area contributed by atoms with Crippen molar-refractivity contribution in [3.05, 3.63) is 35.6 Å². The third kappa shape index (κ3) is 2.55. The summed E-state index contributed by atoms with van der Waals surface area (Å²) in [6.07, 6.45) is 2.50. The lowest BCUT2D eigenvalue weighted by molar-refractivity contribution is -0.148. The van der Waals surface area contributed by atoms with Gasteiger partial charge in [0.2, 0.25) is 0 Å². The van der Waals surface area contributed by atoms with Gasteiger partial charge in [0.15, 0.2) is 0 Å². The van der Waals surface area contributed by atoms with E-state index in [0.717, 1.165) is 18.4 Å². The molecule has 1 aromatic carbocycles. The Morgan fingerprint density at radius 2 is 2.00 bits per heavy atom. The van der Waals surface area contributed by atoms with Crippen molar-refractivity contribution in [2.24, 2.45) is 0 Å². The van der Waals surface area contributed by atoms with Gasteiger partial charge in [-0.05, 0) is 30.5 Å². The highest BCUT2D eigenvalue weighted by molar-refractivity contribution is 5.67. The molecule has 0 amide bonds. The summed E-state index contributed by atoms with van der Waals surface area (Å²) in [5.41, 5.74) is 0.707. The number of halogens is 1. The van der Waals surface area contributed by atoms with Crippen molar-refractivity contribution in [1.82, 2.24) is 0 Å². The Hall–Kier alpha value is -1.38. The Bertz CT molecular complexity index is 366. The van der Waals surface area contributed by atoms with Crippen LogP contribution in [0.4, 0.5) is 4.39 Å². The van der Waals surface area contributed by atoms with Gasteiger partial charge in [0.25, 0.3) is 0 Å². The van der Waals surface area contributed by atoms with Gasteiger partial charge < -0.3 is 4.74 Å². The molecule has 2 rings (SSSR count). The first-order valence-corrected chi connectivity index (χ1v) is 5.04. The summed E-state index contributed by atoms with van der Waals surface area (Å²) in [6.45, 7) is 1.42. The highest BCUT2D eigenvalue weighted by Crippen LogP contribution is 2.42. The van der Waals surface area contributed by atoms with Crippen LogP contribution in [0.25, 0.3) is 0 Å². The summed E-state index contributed by atoms with van der Waals surface area (Å²) in [7, 11) is 0. The van der Waals surface area contributed by atoms with E-state index in [4.69, 9.17) is 4.74 Å². The van der Waals surface area contributed by atoms with Crippen molar-refractivity contribution >= 4 is 5.97 Å². The molecule has 0 aliphatic heterocycles. The van der Waals surface area contributed by atoms with Crippen LogP contribution in [-0.2, 0) is 16.0 Å². The normalized spacial score (nSPS) is 17.2. The first-order valence-electron chi connectivity index (χ1n) is 5.04. The summed E-state index contributed by atoms with van der Waals surface area (Å²) in [5.74, 6) is -0.481. The third-order valence-electron chi connectivity index (χ3n) is 2.61. The molecular formula is C12H13FO2. The minimum absolute atomic E-state index is 0.240. The Morgan fingerprint density at radius 3 is 2.47 bits per heavy atom. The van der Waals surface area contributed by atoms with Crippen molar-refractivity contribution in [1.29, 1.82) is 0 Å². The van der Waals surface area contributed by atoms with Crippen LogP contribution in [0.15, 0.2) is 24.3 Å². The molecule has 0 N–H and O–H groups in total. The van der Waals surface area contributed by atoms with Gasteiger partial charge in [-0.15, -0.1) is 0 Å². The zero-order valence-electron chi connectivity index (χ0n) is 8.63. The highest BCUT2D eigenvalue weighted by Gasteiger charge is 2.46. The molecule has 0 atom stereocenters. The van der Waals surface area contributed by atoms with E-state index in [0.29, 0.717) is 6.42 Å². The van der Waals surface area contributed by atoms with E-state index in [1.165, 1.54) is 19.1 Å². The number of hydrogen-bond donors (Lipinski definition) is 0. The SMILES string of the molecule is CC(=O)OC1(Cc2ccc(F)cc2)CC1. The number of hydrogen-bond acceptors (Lipinski definition) is 2. The maximum Gasteiger partial charge on any atom is 0.303 e. The molecule has 1 aromatic rings. The molecule has 1 fully saturated rings. The molecule has 2 nitrogen and oxygen atoms in total. The van der Waals surface area contributed by atoms with Crippen LogP contribution in [-0.4, -0.2) is 11.6 Å². The van der Waals surface area contributed by atoms with Crippen LogP contribution in [0.2, 0.25) is 0 Å². The summed E-state index contributed by atoms with van der Waals surface area (Å²) in [6, 6.07) is 6.33. The predicted molar refractivity (Wildman–Crippen MR) is 53.8 cm³/mol. The molecule has 0 heterocycles. The molecular weight excluding hydrogens is 195 g/mol. The second-order valence-electron chi connectivity index (χ2n) is 4.08. The third-order valence-corrected chi connectivity index (χ3v) is 2.61. The second-order valence-corrected chi connectivity index (χ2v) is 4.08. The predicted octanol–water partition coefficient (Wildman–Crippen LogP) is 2.46. The van der Waals surface area contributed by atoms with Gasteiger partial charge >= 0.3 is 5.97 Å². The lowest BCUT2D eigenvalue weighted by Gasteiger charge is -2.15. The average Bonchev–Trinajstić information content (AvgIpc) is 2.88. The zero-order valence-corrected chi connectivity index (χ0v) is 8.63. The molecule has 15 heavy (non-hydrogen) atoms. The zero-order chi connectivity index (χ0) is 10.9. The number of esters is 1. The van der Waals surface area contributed by atoms with E-state index >= 15 is 0 Å². The summed E-state index contributed by atoms with van der Waals surface area (Å²) in [4.78, 5) is 10.9. The lowest BCUT2D eigenvalue weighted by Crippen LogP contribution is -2.20. The van der Waals surface area contributed by atoms with E-state index in [1.54, 1.807) is 12.1 Å². The Balaban J connectivity index is 2.02. The minimum atomic E-state index is -0.302. The van der Waals surface area contributed by atoms with Crippen LogP contribution in [0, 0.1) is 5.82 Å². The van der Waals surface area contributed by atoms with Crippen molar-refractivity contribution < 1.29 is 13.9 Å². The minimum Gasteiger partial charge on any atom is -0.459 e. The molecule has 1 aliphatic rings. The van der Waals surface area contributed by atoms with Crippen molar-refractivity contribution in [2.75, 3.05) is 0 Å². The van der Waals surface area contributed by atoms with Crippen molar-refractivity contribution in [3.63, 3.8) is 0 Å². The fourth-order valence-corrected chi connectivity index (χ4v) is 1.73. The van der Waals surface area contributed by atoms with E-state index in [9.17, 15) is 9.18 Å². The Kier molecular flexibility index (Phi) is 2.47. The molecule has 0 radical (unpaired) electrons. The van der Waals surface area contributed by atoms with Crippen LogP contribution in [0.3, 0.4) is 0 Å². The molecule has 1 saturated carbocycles. The number of carbonyl (C=O) groups is 1. The van der Waals surface area contributed by atoms with Gasteiger partial charge in [-0.3, -0.25) is 4.79 Å². The average molecular weight is 208 g/mol. The summed E-state index contributed by atoms with van der Waals surface area (Å²) < 4.78 is 17.9. The molecule has 0 bridgehead atoms. The number of carbonyl (C=O) groups excluding carboxylic acids is 1. The van der Waals surface area contributed by atoms with E-state index < -0.39 is 0 Å². The van der Waals surface area contributed by atoms with E-state index in [-0.39, 0.29) is 17.4 Å². The van der Waals surface area contributed by atoms with E-state index in [1.807, 2.05) is 0 Å². The Morgan fingerprint density at radius 1 is 1.40 bits per heavy atom. The first-order chi connectivity index (χ1) is 7.10. The van der Waals surface area contributed by atoms with Crippen molar-refractivity contribution in [3.8, 4) is 0 Å². The Labute approximate surface area is 88.1 Å². The fraction of sp³-hybridized carbons (Fsp3) is 0.417. The van der Waals surface area contributed by atoms with Crippen LogP contribution in [0.1, 0.15) is 25.3 Å². The topological polar surface area (TPSA) is 26.3 Å². The number of ether oxygens (including phenoxy) is 1. The van der Waals surface area contributed by atoms with Gasteiger partial charge in [0, 0.05) is 13.3 Å². The number of benzene rings is 1. The number of rotatable bonds is 3. The van der Waals surface area contributed by atoms with Gasteiger partial charge in [0.1, 0.15) is 11.4 Å². The molecule has 0 aromatic heterocycles. The fourth-order valence-electron chi connectivity index (χ4n) is 1.73. The maximum absolute atomic E-state index is 12.7. The standard InChI is InChI=1S/C12H13FO2/c1-9(14)15-12(6-7-12)8-10-2-4-11(13)5-3-10/h2-5H,6-8H2,1H3. The molecule has 0 spiro atoms. The van der Waals surface area contributed by atoms with Crippen LogP contribution >= 0.6 is 0 Å². The molecule has 0 saturated heterocycles. The molecule has 0 unspecified atom stereocenters. The highest BCUT2D eigenvalue weighted by atomic mass is 19.1. The molecule has 1 aliphatic carbocycles. The molecule has 3 heteroatoms. The van der Waals surface area contributed by atoms with Gasteiger partial charge in [-0.2, -0.15) is 0 Å². The van der Waals surface area contributed by atoms with Crippen LogP contribution < -0.4 is 0 Å². The van der Waals surface area contributed by atoms with Crippen LogP contribution in [0.5, 0.6) is 0 Å². The summed E-state index contributed by atoms with van der Waals surface area (Å²) in [5, 5.41) is 0. The quantitative estimate of drug-likeness (QED) is 0.713. The lowest BCUT2D eigenvalue weighted by atomic mass is 10.1. The van der Waals surface area contributed by atoms with Gasteiger partial charge in [-0.25, -0.2) is 4.39 Å². The largest absolute Gasteiger partial charge is 0.459 e. The monoisotopic (exact) mass is 208 g/mol. The van der Waals surface area contributed by atoms with Gasteiger partial charge in [-0.1, -0.05) is 12.1 Å². The smallest absolute Gasteiger partial charge is 0.303 e. The maximum atomic E-state index is 12.7. The second kappa shape index (κ2) is 3.65. The molecule has 80 valence electrons. The van der Waals surface area contributed by atoms with Gasteiger partial charge in [0.05, 0.1) is 0 Å². The van der Waals surface area contributed by atoms with Crippen molar-refractivity contribution in [2.45, 2.75) is 31.8 Å². The summed E-state index contributed by atoms with van der Waals surface area (Å²) >= 11 is 0. The van der Waals surface area contributed by atoms with E-state index in [2.05, 4.69) is 0 Å². The first kappa shape index (κ1) is 10.1.